The van der Waals surface area contributed by atoms with Gasteiger partial charge < -0.3 is 45.7 Å². The molecular formula is C14H21N2O8-. The number of anilines is 2. The number of hydrogen-bond donors (Lipinski definition) is 6. The Labute approximate surface area is 138 Å². The third kappa shape index (κ3) is 3.87. The number of ether oxygens (including phenoxy) is 2. The first-order valence-corrected chi connectivity index (χ1v) is 7.39. The Morgan fingerprint density at radius 3 is 2.54 bits per heavy atom. The van der Waals surface area contributed by atoms with Crippen LogP contribution in [0.1, 0.15) is 6.92 Å². The van der Waals surface area contributed by atoms with Gasteiger partial charge >= 0.3 is 0 Å². The smallest absolute Gasteiger partial charge is 0.157 e. The molecule has 0 aliphatic carbocycles. The molecule has 10 nitrogen and oxygen atoms in total. The summed E-state index contributed by atoms with van der Waals surface area (Å²) in [6.07, 6.45) is -6.89. The third-order valence-corrected chi connectivity index (χ3v) is 3.68. The minimum absolute atomic E-state index is 0.0975. The van der Waals surface area contributed by atoms with E-state index in [-0.39, 0.29) is 16.6 Å². The summed E-state index contributed by atoms with van der Waals surface area (Å²) in [6.45, 7) is 1.55. The van der Waals surface area contributed by atoms with E-state index >= 15 is 0 Å². The van der Waals surface area contributed by atoms with E-state index in [1.165, 1.54) is 18.2 Å². The summed E-state index contributed by atoms with van der Waals surface area (Å²) in [5, 5.41) is 61.5. The first-order chi connectivity index (χ1) is 11.4. The number of aliphatic hydroxyl groups excluding tert-OH is 4. The van der Waals surface area contributed by atoms with E-state index < -0.39 is 37.3 Å². The molecule has 0 saturated carbocycles. The molecule has 1 aromatic carbocycles. The topological polar surface area (TPSA) is 158 Å². The number of rotatable bonds is 6. The quantitative estimate of drug-likeness (QED) is 0.353. The van der Waals surface area contributed by atoms with Gasteiger partial charge in [0.2, 0.25) is 0 Å². The lowest BCUT2D eigenvalue weighted by molar-refractivity contribution is -0.221. The monoisotopic (exact) mass is 345 g/mol. The van der Waals surface area contributed by atoms with Crippen molar-refractivity contribution in [3.63, 3.8) is 0 Å². The van der Waals surface area contributed by atoms with Crippen molar-refractivity contribution >= 4 is 11.4 Å². The van der Waals surface area contributed by atoms with Gasteiger partial charge in [-0.05, 0) is 19.1 Å². The van der Waals surface area contributed by atoms with Gasteiger partial charge in [-0.15, -0.1) is 0 Å². The summed E-state index contributed by atoms with van der Waals surface area (Å²) in [5.41, 5.74) is -0.0989. The van der Waals surface area contributed by atoms with E-state index in [0.29, 0.717) is 12.4 Å². The molecule has 1 saturated heterocycles. The van der Waals surface area contributed by atoms with Gasteiger partial charge in [-0.2, -0.15) is 0 Å². The number of nitrogens with zero attached hydrogens (tertiary/aromatic N) is 1. The van der Waals surface area contributed by atoms with Crippen molar-refractivity contribution in [2.45, 2.75) is 37.6 Å². The molecular weight excluding hydrogens is 324 g/mol. The van der Waals surface area contributed by atoms with Crippen LogP contribution in [0.25, 0.3) is 0 Å². The Balaban J connectivity index is 2.22. The predicted octanol–water partition coefficient (Wildman–Crippen LogP) is -1.01. The Bertz CT molecular complexity index is 542. The second-order valence-corrected chi connectivity index (χ2v) is 5.28. The lowest BCUT2D eigenvalue weighted by atomic mass is 9.98. The molecule has 1 aliphatic heterocycles. The minimum Gasteiger partial charge on any atom is -0.733 e. The van der Waals surface area contributed by atoms with Crippen molar-refractivity contribution in [1.82, 2.24) is 0 Å². The SMILES string of the molecule is CCOc1ccc(NC2O[C@H](CO)[C@@H](O)[C@H](O)[C@@H]2O)c(N([O-])O)c1. The van der Waals surface area contributed by atoms with Crippen molar-refractivity contribution in [3.8, 4) is 5.75 Å². The van der Waals surface area contributed by atoms with Crippen LogP contribution < -0.4 is 15.3 Å². The van der Waals surface area contributed by atoms with E-state index in [1.54, 1.807) is 6.92 Å². The molecule has 1 aliphatic rings. The van der Waals surface area contributed by atoms with Crippen LogP contribution in [0.2, 0.25) is 0 Å². The van der Waals surface area contributed by atoms with Crippen molar-refractivity contribution in [2.75, 3.05) is 23.8 Å². The molecule has 1 heterocycles. The number of hydrogen-bond acceptors (Lipinski definition) is 10. The molecule has 2 rings (SSSR count). The van der Waals surface area contributed by atoms with Gasteiger partial charge in [0, 0.05) is 6.07 Å². The molecule has 10 heteroatoms. The lowest BCUT2D eigenvalue weighted by Gasteiger charge is -2.41. The minimum atomic E-state index is -1.56. The second kappa shape index (κ2) is 7.94. The molecule has 0 aromatic heterocycles. The largest absolute Gasteiger partial charge is 0.733 e. The zero-order chi connectivity index (χ0) is 17.9. The maximum Gasteiger partial charge on any atom is 0.157 e. The highest BCUT2D eigenvalue weighted by molar-refractivity contribution is 5.71. The maximum atomic E-state index is 11.3. The maximum absolute atomic E-state index is 11.3. The van der Waals surface area contributed by atoms with Crippen molar-refractivity contribution in [3.05, 3.63) is 23.4 Å². The number of nitrogens with one attached hydrogen (secondary N) is 1. The van der Waals surface area contributed by atoms with Crippen LogP contribution in [0.3, 0.4) is 0 Å². The molecule has 0 amide bonds. The molecule has 0 radical (unpaired) electrons. The number of benzene rings is 1. The van der Waals surface area contributed by atoms with Gasteiger partial charge in [-0.3, -0.25) is 5.21 Å². The Morgan fingerprint density at radius 1 is 1.25 bits per heavy atom. The summed E-state index contributed by atoms with van der Waals surface area (Å²) in [4.78, 5) is 0. The summed E-state index contributed by atoms with van der Waals surface area (Å²) >= 11 is 0. The predicted molar refractivity (Wildman–Crippen MR) is 82.6 cm³/mol. The average Bonchev–Trinajstić information content (AvgIpc) is 2.56. The second-order valence-electron chi connectivity index (χ2n) is 5.28. The summed E-state index contributed by atoms with van der Waals surface area (Å²) in [6, 6.07) is 4.23. The molecule has 1 aromatic rings. The molecule has 0 spiro atoms. The van der Waals surface area contributed by atoms with Gasteiger partial charge in [0.15, 0.2) is 6.23 Å². The lowest BCUT2D eigenvalue weighted by Crippen LogP contribution is -2.60. The van der Waals surface area contributed by atoms with Crippen LogP contribution in [0, 0.1) is 5.21 Å². The Morgan fingerprint density at radius 2 is 1.96 bits per heavy atom. The number of aliphatic hydroxyl groups is 4. The zero-order valence-corrected chi connectivity index (χ0v) is 12.9. The van der Waals surface area contributed by atoms with Gasteiger partial charge in [-0.25, -0.2) is 0 Å². The highest BCUT2D eigenvalue weighted by Gasteiger charge is 2.43. The van der Waals surface area contributed by atoms with Crippen molar-refractivity contribution in [2.24, 2.45) is 0 Å². The van der Waals surface area contributed by atoms with Gasteiger partial charge in [0.1, 0.15) is 30.2 Å². The van der Waals surface area contributed by atoms with Crippen molar-refractivity contribution in [1.29, 1.82) is 0 Å². The molecule has 1 fully saturated rings. The normalized spacial score (nSPS) is 30.0. The summed E-state index contributed by atoms with van der Waals surface area (Å²) < 4.78 is 10.5. The highest BCUT2D eigenvalue weighted by Crippen LogP contribution is 2.32. The van der Waals surface area contributed by atoms with Gasteiger partial charge in [0.25, 0.3) is 0 Å². The molecule has 6 N–H and O–H groups in total. The summed E-state index contributed by atoms with van der Waals surface area (Å²) in [7, 11) is 0. The first kappa shape index (κ1) is 18.7. The van der Waals surface area contributed by atoms with E-state index in [2.05, 4.69) is 5.32 Å². The molecule has 5 atom stereocenters. The zero-order valence-electron chi connectivity index (χ0n) is 12.9. The summed E-state index contributed by atoms with van der Waals surface area (Å²) in [5.74, 6) is 0.349. The van der Waals surface area contributed by atoms with Crippen LogP contribution in [0.15, 0.2) is 18.2 Å². The van der Waals surface area contributed by atoms with Crippen LogP contribution in [0.5, 0.6) is 5.75 Å². The molecule has 1 unspecified atom stereocenters. The Kier molecular flexibility index (Phi) is 6.18. The van der Waals surface area contributed by atoms with E-state index in [4.69, 9.17) is 14.6 Å². The fourth-order valence-corrected chi connectivity index (χ4v) is 2.42. The standard InChI is InChI=1S/C14H21N2O8/c1-2-23-7-3-4-8(9(5-7)16(21)22)15-14-13(20)12(19)11(18)10(6-17)24-14/h3-5,10-15,17-21H,2,6H2,1H3/q-1/t10-,11-,12+,13+,14?/m1/s1. The van der Waals surface area contributed by atoms with E-state index in [1.807, 2.05) is 0 Å². The molecule has 136 valence electrons. The molecule has 24 heavy (non-hydrogen) atoms. The van der Waals surface area contributed by atoms with E-state index in [0.717, 1.165) is 0 Å². The third-order valence-electron chi connectivity index (χ3n) is 3.68. The van der Waals surface area contributed by atoms with E-state index in [9.17, 15) is 25.7 Å². The Hall–Kier alpha value is -1.66. The van der Waals surface area contributed by atoms with Gasteiger partial charge in [-0.1, -0.05) is 0 Å². The van der Waals surface area contributed by atoms with Crippen molar-refractivity contribution < 1.29 is 35.1 Å². The highest BCUT2D eigenvalue weighted by atomic mass is 16.8. The molecule has 0 bridgehead atoms. The van der Waals surface area contributed by atoms with Crippen LogP contribution in [-0.4, -0.2) is 69.5 Å². The fraction of sp³-hybridized carbons (Fsp3) is 0.571. The van der Waals surface area contributed by atoms with Crippen LogP contribution >= 0.6 is 0 Å². The first-order valence-electron chi connectivity index (χ1n) is 7.39. The van der Waals surface area contributed by atoms with Crippen LogP contribution in [0.4, 0.5) is 11.4 Å². The van der Waals surface area contributed by atoms with Crippen LogP contribution in [-0.2, 0) is 4.74 Å². The fourth-order valence-electron chi connectivity index (χ4n) is 2.42. The average molecular weight is 345 g/mol. The van der Waals surface area contributed by atoms with Gasteiger partial charge in [0.05, 0.1) is 24.6 Å².